The van der Waals surface area contributed by atoms with Gasteiger partial charge in [0.15, 0.2) is 0 Å². The summed E-state index contributed by atoms with van der Waals surface area (Å²) in [7, 11) is 0. The molecule has 0 spiro atoms. The Morgan fingerprint density at radius 1 is 1.18 bits per heavy atom. The number of hydrogen-bond acceptors (Lipinski definition) is 3. The van der Waals surface area contributed by atoms with Gasteiger partial charge in [-0.3, -0.25) is 0 Å². The Morgan fingerprint density at radius 2 is 1.95 bits per heavy atom. The van der Waals surface area contributed by atoms with Gasteiger partial charge >= 0.3 is 6.18 Å². The molecule has 0 radical (unpaired) electrons. The number of fused-ring (bicyclic) bond motifs is 1. The maximum atomic E-state index is 13.0. The molecule has 3 rings (SSSR count). The van der Waals surface area contributed by atoms with E-state index in [4.69, 9.17) is 5.73 Å². The van der Waals surface area contributed by atoms with Crippen molar-refractivity contribution in [2.75, 3.05) is 5.32 Å². The van der Waals surface area contributed by atoms with Crippen LogP contribution in [-0.2, 0) is 6.18 Å². The van der Waals surface area contributed by atoms with Gasteiger partial charge in [-0.05, 0) is 37.8 Å². The largest absolute Gasteiger partial charge is 0.433 e. The number of hydrogen-bond donors (Lipinski definition) is 2. The molecule has 0 saturated heterocycles. The molecule has 6 heteroatoms. The predicted molar refractivity (Wildman–Crippen MR) is 80.6 cm³/mol. The molecule has 1 aliphatic rings. The Labute approximate surface area is 126 Å². The Morgan fingerprint density at radius 3 is 2.68 bits per heavy atom. The van der Waals surface area contributed by atoms with E-state index in [1.54, 1.807) is 24.3 Å². The maximum Gasteiger partial charge on any atom is 0.433 e. The summed E-state index contributed by atoms with van der Waals surface area (Å²) in [6.07, 6.45) is -0.788. The van der Waals surface area contributed by atoms with Crippen LogP contribution >= 0.6 is 0 Å². The quantitative estimate of drug-likeness (QED) is 0.883. The van der Waals surface area contributed by atoms with Crippen LogP contribution in [-0.4, -0.2) is 17.1 Å². The van der Waals surface area contributed by atoms with Gasteiger partial charge in [-0.15, -0.1) is 0 Å². The lowest BCUT2D eigenvalue weighted by Gasteiger charge is -2.28. The van der Waals surface area contributed by atoms with E-state index in [2.05, 4.69) is 10.3 Å². The molecule has 0 bridgehead atoms. The summed E-state index contributed by atoms with van der Waals surface area (Å²) in [6.45, 7) is 0. The maximum absolute atomic E-state index is 13.0. The fourth-order valence-corrected chi connectivity index (χ4v) is 3.02. The van der Waals surface area contributed by atoms with Gasteiger partial charge in [-0.1, -0.05) is 18.2 Å². The molecule has 2 aromatic rings. The van der Waals surface area contributed by atoms with E-state index in [0.29, 0.717) is 16.6 Å². The minimum atomic E-state index is -4.45. The van der Waals surface area contributed by atoms with Gasteiger partial charge in [-0.25, -0.2) is 4.98 Å². The third kappa shape index (κ3) is 3.16. The number of para-hydroxylation sites is 1. The molecule has 1 aromatic carbocycles. The molecule has 3 nitrogen and oxygen atoms in total. The summed E-state index contributed by atoms with van der Waals surface area (Å²) < 4.78 is 39.1. The van der Waals surface area contributed by atoms with Crippen LogP contribution in [0.15, 0.2) is 30.3 Å². The summed E-state index contributed by atoms with van der Waals surface area (Å²) in [4.78, 5) is 3.73. The molecule has 3 N–H and O–H groups in total. The molecule has 1 unspecified atom stereocenters. The van der Waals surface area contributed by atoms with Crippen molar-refractivity contribution in [2.45, 2.75) is 43.9 Å². The molecule has 0 aliphatic heterocycles. The fourth-order valence-electron chi connectivity index (χ4n) is 3.02. The lowest BCUT2D eigenvalue weighted by Crippen LogP contribution is -2.35. The zero-order valence-electron chi connectivity index (χ0n) is 12.0. The molecule has 1 aliphatic carbocycles. The summed E-state index contributed by atoms with van der Waals surface area (Å²) in [6, 6.07) is 8.19. The first-order chi connectivity index (χ1) is 10.4. The Hall–Kier alpha value is -1.82. The van der Waals surface area contributed by atoms with E-state index >= 15 is 0 Å². The highest BCUT2D eigenvalue weighted by atomic mass is 19.4. The van der Waals surface area contributed by atoms with E-state index in [9.17, 15) is 13.2 Å². The highest BCUT2D eigenvalue weighted by Gasteiger charge is 2.33. The van der Waals surface area contributed by atoms with Gasteiger partial charge in [0.25, 0.3) is 0 Å². The van der Waals surface area contributed by atoms with Gasteiger partial charge in [-0.2, -0.15) is 13.2 Å². The zero-order chi connectivity index (χ0) is 15.7. The summed E-state index contributed by atoms with van der Waals surface area (Å²) >= 11 is 0. The van der Waals surface area contributed by atoms with Crippen LogP contribution in [0.25, 0.3) is 10.9 Å². The second-order valence-electron chi connectivity index (χ2n) is 5.84. The minimum Gasteiger partial charge on any atom is -0.382 e. The van der Waals surface area contributed by atoms with Gasteiger partial charge in [0, 0.05) is 23.2 Å². The average molecular weight is 309 g/mol. The Kier molecular flexibility index (Phi) is 3.95. The van der Waals surface area contributed by atoms with Crippen molar-refractivity contribution >= 4 is 16.6 Å². The number of nitrogens with two attached hydrogens (primary N) is 1. The summed E-state index contributed by atoms with van der Waals surface area (Å²) in [5, 5.41) is 3.95. The number of nitrogens with one attached hydrogen (secondary N) is 1. The summed E-state index contributed by atoms with van der Waals surface area (Å²) in [5.41, 5.74) is 5.92. The minimum absolute atomic E-state index is 0.107. The van der Waals surface area contributed by atoms with Crippen LogP contribution in [0, 0.1) is 0 Å². The Balaban J connectivity index is 1.99. The molecule has 118 valence electrons. The molecule has 22 heavy (non-hydrogen) atoms. The van der Waals surface area contributed by atoms with Crippen molar-refractivity contribution in [1.29, 1.82) is 0 Å². The van der Waals surface area contributed by atoms with Crippen LogP contribution < -0.4 is 11.1 Å². The van der Waals surface area contributed by atoms with Crippen LogP contribution in [0.2, 0.25) is 0 Å². The number of anilines is 1. The van der Waals surface area contributed by atoms with Gasteiger partial charge in [0.1, 0.15) is 5.69 Å². The normalized spacial score (nSPS) is 22.7. The fraction of sp³-hybridized carbons (Fsp3) is 0.438. The molecule has 1 aromatic heterocycles. The molecule has 0 amide bonds. The topological polar surface area (TPSA) is 50.9 Å². The number of pyridine rings is 1. The van der Waals surface area contributed by atoms with Crippen molar-refractivity contribution < 1.29 is 13.2 Å². The number of alkyl halides is 3. The van der Waals surface area contributed by atoms with Crippen LogP contribution in [0.1, 0.15) is 31.4 Å². The van der Waals surface area contributed by atoms with Crippen molar-refractivity contribution in [3.05, 3.63) is 36.0 Å². The van der Waals surface area contributed by atoms with E-state index < -0.39 is 11.9 Å². The van der Waals surface area contributed by atoms with E-state index in [1.165, 1.54) is 0 Å². The molecule has 1 fully saturated rings. The summed E-state index contributed by atoms with van der Waals surface area (Å²) in [5.74, 6) is 0. The number of nitrogens with zero attached hydrogens (tertiary/aromatic N) is 1. The van der Waals surface area contributed by atoms with Crippen LogP contribution in [0.4, 0.5) is 18.9 Å². The van der Waals surface area contributed by atoms with E-state index in [1.807, 2.05) is 0 Å². The second-order valence-corrected chi connectivity index (χ2v) is 5.84. The highest BCUT2D eigenvalue weighted by molar-refractivity contribution is 5.91. The first-order valence-electron chi connectivity index (χ1n) is 7.42. The molecule has 2 atom stereocenters. The van der Waals surface area contributed by atoms with Crippen molar-refractivity contribution in [1.82, 2.24) is 4.98 Å². The number of rotatable bonds is 2. The monoisotopic (exact) mass is 309 g/mol. The number of aromatic nitrogens is 1. The predicted octanol–water partition coefficient (Wildman–Crippen LogP) is 3.94. The molecule has 1 heterocycles. The molecule has 1 saturated carbocycles. The zero-order valence-corrected chi connectivity index (χ0v) is 12.0. The van der Waals surface area contributed by atoms with Gasteiger partial charge in [0.05, 0.1) is 5.52 Å². The third-order valence-electron chi connectivity index (χ3n) is 4.08. The van der Waals surface area contributed by atoms with Crippen LogP contribution in [0.5, 0.6) is 0 Å². The lowest BCUT2D eigenvalue weighted by molar-refractivity contribution is -0.140. The highest BCUT2D eigenvalue weighted by Crippen LogP contribution is 2.34. The lowest BCUT2D eigenvalue weighted by atomic mass is 9.91. The van der Waals surface area contributed by atoms with E-state index in [-0.39, 0.29) is 12.1 Å². The van der Waals surface area contributed by atoms with Crippen molar-refractivity contribution in [2.24, 2.45) is 5.73 Å². The van der Waals surface area contributed by atoms with Gasteiger partial charge in [0.2, 0.25) is 0 Å². The first kappa shape index (κ1) is 15.1. The standard InChI is InChI=1S/C16H18F3N3/c17-16(18,19)15-9-14(12-6-1-2-7-13(12)22-15)21-11-5-3-4-10(20)8-11/h1-2,6-7,9-11H,3-5,8,20H2,(H,21,22)/t10?,11-/m1/s1. The van der Waals surface area contributed by atoms with Crippen LogP contribution in [0.3, 0.4) is 0 Å². The second kappa shape index (κ2) is 5.76. The van der Waals surface area contributed by atoms with Crippen molar-refractivity contribution in [3.8, 4) is 0 Å². The average Bonchev–Trinajstić information content (AvgIpc) is 2.46. The van der Waals surface area contributed by atoms with Crippen molar-refractivity contribution in [3.63, 3.8) is 0 Å². The van der Waals surface area contributed by atoms with Gasteiger partial charge < -0.3 is 11.1 Å². The Bertz CT molecular complexity index is 669. The number of benzene rings is 1. The van der Waals surface area contributed by atoms with E-state index in [0.717, 1.165) is 31.7 Å². The third-order valence-corrected chi connectivity index (χ3v) is 4.08. The molecular formula is C16H18F3N3. The first-order valence-corrected chi connectivity index (χ1v) is 7.42. The smallest absolute Gasteiger partial charge is 0.382 e. The number of halogens is 3. The SMILES string of the molecule is NC1CCC[C@@H](Nc2cc(C(F)(F)F)nc3ccccc23)C1. The molecular weight excluding hydrogens is 291 g/mol.